The molecule has 0 aliphatic heterocycles. The lowest BCUT2D eigenvalue weighted by atomic mass is 10.1. The summed E-state index contributed by atoms with van der Waals surface area (Å²) in [7, 11) is 0. The average Bonchev–Trinajstić information content (AvgIpc) is 3.31. The highest BCUT2D eigenvalue weighted by Crippen LogP contribution is 2.27. The lowest BCUT2D eigenvalue weighted by Crippen LogP contribution is -2.52. The molecule has 1 unspecified atom stereocenters. The summed E-state index contributed by atoms with van der Waals surface area (Å²) in [4.78, 5) is 8.54. The van der Waals surface area contributed by atoms with Gasteiger partial charge in [-0.25, -0.2) is 9.97 Å². The average molecular weight is 431 g/mol. The third-order valence-electron chi connectivity index (χ3n) is 4.60. The topological polar surface area (TPSA) is 87.6 Å². The summed E-state index contributed by atoms with van der Waals surface area (Å²) in [6.07, 6.45) is 0.766. The van der Waals surface area contributed by atoms with Gasteiger partial charge < -0.3 is 14.8 Å². The van der Waals surface area contributed by atoms with Gasteiger partial charge in [0.1, 0.15) is 5.65 Å². The zero-order valence-corrected chi connectivity index (χ0v) is 16.7. The van der Waals surface area contributed by atoms with E-state index in [0.29, 0.717) is 23.0 Å². The molecule has 3 N–H and O–H groups in total. The molecule has 4 aromatic rings. The molecule has 162 valence electrons. The molecule has 1 atom stereocenters. The highest BCUT2D eigenvalue weighted by atomic mass is 19.4. The van der Waals surface area contributed by atoms with E-state index in [-0.39, 0.29) is 0 Å². The fourth-order valence-electron chi connectivity index (χ4n) is 3.20. The number of rotatable bonds is 6. The molecule has 0 radical (unpaired) electrons. The van der Waals surface area contributed by atoms with E-state index in [9.17, 15) is 18.3 Å². The van der Waals surface area contributed by atoms with Crippen molar-refractivity contribution in [2.24, 2.45) is 0 Å². The molecule has 1 aromatic carbocycles. The molecule has 31 heavy (non-hydrogen) atoms. The standard InChI is InChI=1S/C21H20F3N5O2/c1-13-25-11-18(31-13)15-6-7-29-17(10-26-19(29)9-15)14-4-3-5-16(8-14)28-20(2,30)27-12-21(22,23)24/h3-11,27-28,30H,12H2,1-2H3. The summed E-state index contributed by atoms with van der Waals surface area (Å²) in [6.45, 7) is 1.66. The van der Waals surface area contributed by atoms with Gasteiger partial charge in [0.25, 0.3) is 0 Å². The maximum absolute atomic E-state index is 12.4. The van der Waals surface area contributed by atoms with E-state index in [2.05, 4.69) is 15.3 Å². The number of aromatic nitrogens is 3. The van der Waals surface area contributed by atoms with Gasteiger partial charge in [0.15, 0.2) is 17.5 Å². The number of nitrogens with zero attached hydrogens (tertiary/aromatic N) is 3. The molecule has 0 bridgehead atoms. The predicted octanol–water partition coefficient (Wildman–Crippen LogP) is 4.19. The number of alkyl halides is 3. The van der Waals surface area contributed by atoms with E-state index in [4.69, 9.17) is 4.42 Å². The van der Waals surface area contributed by atoms with Gasteiger partial charge in [-0.1, -0.05) is 12.1 Å². The molecule has 10 heteroatoms. The van der Waals surface area contributed by atoms with Crippen LogP contribution in [-0.4, -0.2) is 38.0 Å². The minimum Gasteiger partial charge on any atom is -0.441 e. The number of imidazole rings is 1. The van der Waals surface area contributed by atoms with E-state index in [1.54, 1.807) is 37.5 Å². The van der Waals surface area contributed by atoms with Crippen molar-refractivity contribution in [2.75, 3.05) is 11.9 Å². The number of pyridine rings is 1. The van der Waals surface area contributed by atoms with Gasteiger partial charge in [-0.2, -0.15) is 13.2 Å². The van der Waals surface area contributed by atoms with Gasteiger partial charge >= 0.3 is 6.18 Å². The van der Waals surface area contributed by atoms with Crippen LogP contribution in [0.1, 0.15) is 12.8 Å². The Labute approximate surface area is 175 Å². The molecular weight excluding hydrogens is 411 g/mol. The molecule has 4 rings (SSSR count). The molecule has 0 spiro atoms. The van der Waals surface area contributed by atoms with Crippen molar-refractivity contribution in [3.05, 3.63) is 60.9 Å². The van der Waals surface area contributed by atoms with Crippen LogP contribution in [0.3, 0.4) is 0 Å². The maximum Gasteiger partial charge on any atom is 0.401 e. The Bertz CT molecular complexity index is 1210. The maximum atomic E-state index is 12.4. The summed E-state index contributed by atoms with van der Waals surface area (Å²) in [5.41, 5.74) is 3.53. The Morgan fingerprint density at radius 1 is 1.10 bits per heavy atom. The van der Waals surface area contributed by atoms with Crippen LogP contribution in [0, 0.1) is 6.92 Å². The largest absolute Gasteiger partial charge is 0.441 e. The fourth-order valence-corrected chi connectivity index (χ4v) is 3.20. The van der Waals surface area contributed by atoms with Crippen LogP contribution in [0.2, 0.25) is 0 Å². The second-order valence-corrected chi connectivity index (χ2v) is 7.28. The summed E-state index contributed by atoms with van der Waals surface area (Å²) >= 11 is 0. The number of oxazole rings is 1. The smallest absolute Gasteiger partial charge is 0.401 e. The van der Waals surface area contributed by atoms with Crippen LogP contribution < -0.4 is 10.6 Å². The molecular formula is C21H20F3N5O2. The van der Waals surface area contributed by atoms with Gasteiger partial charge in [-0.05, 0) is 31.2 Å². The second-order valence-electron chi connectivity index (χ2n) is 7.28. The van der Waals surface area contributed by atoms with Gasteiger partial charge in [0.2, 0.25) is 0 Å². The lowest BCUT2D eigenvalue weighted by Gasteiger charge is -2.28. The number of aliphatic hydroxyl groups is 1. The van der Waals surface area contributed by atoms with Crippen molar-refractivity contribution in [1.29, 1.82) is 0 Å². The van der Waals surface area contributed by atoms with Gasteiger partial charge in [-0.3, -0.25) is 9.72 Å². The van der Waals surface area contributed by atoms with E-state index in [1.807, 2.05) is 34.1 Å². The Kier molecular flexibility index (Phi) is 5.19. The van der Waals surface area contributed by atoms with Crippen LogP contribution in [-0.2, 0) is 0 Å². The van der Waals surface area contributed by atoms with Crippen LogP contribution >= 0.6 is 0 Å². The first-order valence-electron chi connectivity index (χ1n) is 9.42. The quantitative estimate of drug-likeness (QED) is 0.397. The molecule has 0 fully saturated rings. The van der Waals surface area contributed by atoms with Gasteiger partial charge in [0, 0.05) is 29.9 Å². The Hall–Kier alpha value is -3.37. The summed E-state index contributed by atoms with van der Waals surface area (Å²) in [5.74, 6) is -0.731. The minimum atomic E-state index is -4.44. The molecule has 3 heterocycles. The first kappa shape index (κ1) is 20.9. The first-order valence-corrected chi connectivity index (χ1v) is 9.42. The van der Waals surface area contributed by atoms with Crippen LogP contribution in [0.4, 0.5) is 18.9 Å². The molecule has 0 saturated carbocycles. The Balaban J connectivity index is 1.59. The monoisotopic (exact) mass is 431 g/mol. The van der Waals surface area contributed by atoms with E-state index < -0.39 is 18.6 Å². The Morgan fingerprint density at radius 3 is 2.61 bits per heavy atom. The molecule has 0 aliphatic rings. The number of benzene rings is 1. The number of hydrogen-bond acceptors (Lipinski definition) is 6. The zero-order chi connectivity index (χ0) is 22.2. The summed E-state index contributed by atoms with van der Waals surface area (Å²) in [6, 6.07) is 10.7. The fraction of sp³-hybridized carbons (Fsp3) is 0.238. The van der Waals surface area contributed by atoms with E-state index in [1.165, 1.54) is 6.92 Å². The molecule has 0 saturated heterocycles. The summed E-state index contributed by atoms with van der Waals surface area (Å²) in [5, 5.41) is 14.9. The number of nitrogens with one attached hydrogen (secondary N) is 2. The molecule has 0 amide bonds. The predicted molar refractivity (Wildman–Crippen MR) is 109 cm³/mol. The zero-order valence-electron chi connectivity index (χ0n) is 16.7. The van der Waals surface area contributed by atoms with Crippen LogP contribution in [0.15, 0.2) is 59.4 Å². The lowest BCUT2D eigenvalue weighted by molar-refractivity contribution is -0.136. The normalized spacial score (nSPS) is 14.0. The van der Waals surface area contributed by atoms with Crippen molar-refractivity contribution in [1.82, 2.24) is 19.7 Å². The van der Waals surface area contributed by atoms with Crippen molar-refractivity contribution >= 4 is 11.3 Å². The Morgan fingerprint density at radius 2 is 1.90 bits per heavy atom. The first-order chi connectivity index (χ1) is 14.6. The minimum absolute atomic E-state index is 0.445. The van der Waals surface area contributed by atoms with Crippen molar-refractivity contribution < 1.29 is 22.7 Å². The highest BCUT2D eigenvalue weighted by molar-refractivity contribution is 5.70. The third-order valence-corrected chi connectivity index (χ3v) is 4.60. The summed E-state index contributed by atoms with van der Waals surface area (Å²) < 4.78 is 44.8. The van der Waals surface area contributed by atoms with Crippen molar-refractivity contribution in [2.45, 2.75) is 25.9 Å². The highest BCUT2D eigenvalue weighted by Gasteiger charge is 2.31. The van der Waals surface area contributed by atoms with Crippen molar-refractivity contribution in [3.63, 3.8) is 0 Å². The molecule has 0 aliphatic carbocycles. The SMILES string of the molecule is Cc1ncc(-c2ccn3c(-c4cccc(NC(C)(O)NCC(F)(F)F)c4)cnc3c2)o1. The number of anilines is 1. The number of halogens is 3. The second kappa shape index (κ2) is 7.71. The van der Waals surface area contributed by atoms with E-state index in [0.717, 1.165) is 16.8 Å². The van der Waals surface area contributed by atoms with E-state index >= 15 is 0 Å². The third kappa shape index (κ3) is 4.86. The number of hydrogen-bond donors (Lipinski definition) is 3. The van der Waals surface area contributed by atoms with Crippen molar-refractivity contribution in [3.8, 4) is 22.6 Å². The number of fused-ring (bicyclic) bond motifs is 1. The molecule has 3 aromatic heterocycles. The van der Waals surface area contributed by atoms with Crippen LogP contribution in [0.5, 0.6) is 0 Å². The molecule has 7 nitrogen and oxygen atoms in total. The number of aryl methyl sites for hydroxylation is 1. The van der Waals surface area contributed by atoms with Crippen LogP contribution in [0.25, 0.3) is 28.2 Å². The van der Waals surface area contributed by atoms with Gasteiger partial charge in [0.05, 0.1) is 24.6 Å². The van der Waals surface area contributed by atoms with Gasteiger partial charge in [-0.15, -0.1) is 0 Å².